The molecule has 20 heavy (non-hydrogen) atoms. The van der Waals surface area contributed by atoms with Gasteiger partial charge in [-0.1, -0.05) is 44.7 Å². The Morgan fingerprint density at radius 2 is 2.00 bits per heavy atom. The lowest BCUT2D eigenvalue weighted by atomic mass is 9.81. The Kier molecular flexibility index (Phi) is 4.34. The Bertz CT molecular complexity index is 521. The molecule has 3 rings (SSSR count). The molecule has 0 aromatic heterocycles. The highest BCUT2D eigenvalue weighted by molar-refractivity contribution is 9.11. The van der Waals surface area contributed by atoms with Crippen LogP contribution in [0.2, 0.25) is 0 Å². The molecule has 2 fully saturated rings. The highest BCUT2D eigenvalue weighted by Crippen LogP contribution is 2.43. The highest BCUT2D eigenvalue weighted by Gasteiger charge is 2.42. The first-order valence-electron chi connectivity index (χ1n) is 7.23. The molecule has 4 heteroatoms. The zero-order chi connectivity index (χ0) is 14.2. The van der Waals surface area contributed by atoms with Crippen molar-refractivity contribution >= 4 is 37.6 Å². The quantitative estimate of drug-likeness (QED) is 0.641. The Balaban J connectivity index is 1.79. The highest BCUT2D eigenvalue weighted by atomic mass is 79.9. The maximum absolute atomic E-state index is 12.8. The lowest BCUT2D eigenvalue weighted by molar-refractivity contribution is -0.0866. The number of Topliss-reactive ketones (excluding diaryl/α,β-unsaturated/α-hetero) is 1. The fourth-order valence-corrected chi connectivity index (χ4v) is 4.77. The minimum Gasteiger partial charge on any atom is -0.375 e. The number of hydrogen-bond acceptors (Lipinski definition) is 2. The Morgan fingerprint density at radius 1 is 1.25 bits per heavy atom. The molecule has 0 bridgehead atoms. The van der Waals surface area contributed by atoms with Crippen molar-refractivity contribution in [1.82, 2.24) is 0 Å². The van der Waals surface area contributed by atoms with Gasteiger partial charge in [0.25, 0.3) is 0 Å². The maximum atomic E-state index is 12.8. The second-order valence-corrected chi connectivity index (χ2v) is 7.69. The van der Waals surface area contributed by atoms with E-state index in [4.69, 9.17) is 4.74 Å². The first-order valence-corrected chi connectivity index (χ1v) is 8.81. The fourth-order valence-electron chi connectivity index (χ4n) is 3.53. The van der Waals surface area contributed by atoms with Gasteiger partial charge in [0.05, 0.1) is 5.60 Å². The van der Waals surface area contributed by atoms with Crippen molar-refractivity contribution in [2.24, 2.45) is 5.92 Å². The molecule has 108 valence electrons. The molecule has 1 saturated carbocycles. The van der Waals surface area contributed by atoms with Gasteiger partial charge in [0.2, 0.25) is 0 Å². The zero-order valence-corrected chi connectivity index (χ0v) is 14.5. The SMILES string of the molecule is O=C(c1ccc(Br)cc1Br)C1CCOC2(CCCC2)C1. The number of rotatable bonds is 2. The van der Waals surface area contributed by atoms with Crippen LogP contribution in [-0.4, -0.2) is 18.0 Å². The van der Waals surface area contributed by atoms with E-state index in [2.05, 4.69) is 31.9 Å². The van der Waals surface area contributed by atoms with Crippen molar-refractivity contribution in [3.05, 3.63) is 32.7 Å². The second-order valence-electron chi connectivity index (χ2n) is 5.92. The number of carbonyl (C=O) groups is 1. The van der Waals surface area contributed by atoms with Crippen LogP contribution in [-0.2, 0) is 4.74 Å². The third kappa shape index (κ3) is 2.88. The summed E-state index contributed by atoms with van der Waals surface area (Å²) < 4.78 is 7.89. The fraction of sp³-hybridized carbons (Fsp3) is 0.562. The summed E-state index contributed by atoms with van der Waals surface area (Å²) in [4.78, 5) is 12.8. The standard InChI is InChI=1S/C16H18Br2O2/c17-12-3-4-13(14(18)9-12)15(19)11-5-8-20-16(10-11)6-1-2-7-16/h3-4,9,11H,1-2,5-8,10H2. The van der Waals surface area contributed by atoms with Crippen molar-refractivity contribution in [1.29, 1.82) is 0 Å². The molecule has 1 unspecified atom stereocenters. The summed E-state index contributed by atoms with van der Waals surface area (Å²) in [5, 5.41) is 0. The van der Waals surface area contributed by atoms with E-state index in [1.807, 2.05) is 18.2 Å². The summed E-state index contributed by atoms with van der Waals surface area (Å²) in [6.45, 7) is 0.727. The van der Waals surface area contributed by atoms with Crippen LogP contribution in [0.1, 0.15) is 48.9 Å². The lowest BCUT2D eigenvalue weighted by Gasteiger charge is -2.37. The van der Waals surface area contributed by atoms with Crippen LogP contribution in [0.25, 0.3) is 0 Å². The molecular weight excluding hydrogens is 384 g/mol. The van der Waals surface area contributed by atoms with Gasteiger partial charge >= 0.3 is 0 Å². The monoisotopic (exact) mass is 400 g/mol. The van der Waals surface area contributed by atoms with Crippen molar-refractivity contribution < 1.29 is 9.53 Å². The minimum atomic E-state index is 0.000413. The molecule has 1 aliphatic heterocycles. The van der Waals surface area contributed by atoms with Gasteiger partial charge in [-0.05, 0) is 43.9 Å². The molecule has 0 amide bonds. The van der Waals surface area contributed by atoms with Crippen molar-refractivity contribution in [3.8, 4) is 0 Å². The topological polar surface area (TPSA) is 26.3 Å². The van der Waals surface area contributed by atoms with Crippen molar-refractivity contribution in [3.63, 3.8) is 0 Å². The molecule has 1 spiro atoms. The predicted molar refractivity (Wildman–Crippen MR) is 86.0 cm³/mol. The van der Waals surface area contributed by atoms with Gasteiger partial charge in [-0.2, -0.15) is 0 Å². The summed E-state index contributed by atoms with van der Waals surface area (Å²) >= 11 is 6.94. The zero-order valence-electron chi connectivity index (χ0n) is 11.3. The smallest absolute Gasteiger partial charge is 0.167 e. The van der Waals surface area contributed by atoms with E-state index >= 15 is 0 Å². The van der Waals surface area contributed by atoms with E-state index in [1.54, 1.807) is 0 Å². The van der Waals surface area contributed by atoms with E-state index in [0.29, 0.717) is 0 Å². The van der Waals surface area contributed by atoms with Gasteiger partial charge in [-0.3, -0.25) is 4.79 Å². The average Bonchev–Trinajstić information content (AvgIpc) is 2.86. The number of benzene rings is 1. The van der Waals surface area contributed by atoms with Crippen LogP contribution in [0, 0.1) is 5.92 Å². The van der Waals surface area contributed by atoms with Gasteiger partial charge in [0.15, 0.2) is 5.78 Å². The number of carbonyl (C=O) groups excluding carboxylic acids is 1. The number of halogens is 2. The number of ether oxygens (including phenoxy) is 1. The number of hydrogen-bond donors (Lipinski definition) is 0. The van der Waals surface area contributed by atoms with E-state index in [-0.39, 0.29) is 17.3 Å². The van der Waals surface area contributed by atoms with Crippen LogP contribution in [0.15, 0.2) is 27.1 Å². The summed E-state index contributed by atoms with van der Waals surface area (Å²) in [5.41, 5.74) is 0.800. The van der Waals surface area contributed by atoms with Crippen LogP contribution < -0.4 is 0 Å². The van der Waals surface area contributed by atoms with Crippen LogP contribution in [0.5, 0.6) is 0 Å². The molecule has 1 saturated heterocycles. The summed E-state index contributed by atoms with van der Waals surface area (Å²) in [7, 11) is 0. The molecule has 0 N–H and O–H groups in total. The van der Waals surface area contributed by atoms with Crippen LogP contribution in [0.4, 0.5) is 0 Å². The molecule has 1 aromatic carbocycles. The Labute approximate surface area is 136 Å². The van der Waals surface area contributed by atoms with Crippen LogP contribution >= 0.6 is 31.9 Å². The van der Waals surface area contributed by atoms with E-state index in [0.717, 1.165) is 46.8 Å². The van der Waals surface area contributed by atoms with E-state index < -0.39 is 0 Å². The van der Waals surface area contributed by atoms with Gasteiger partial charge in [-0.25, -0.2) is 0 Å². The summed E-state index contributed by atoms with van der Waals surface area (Å²) in [5.74, 6) is 0.373. The molecule has 1 heterocycles. The summed E-state index contributed by atoms with van der Waals surface area (Å²) in [6.07, 6.45) is 6.47. The van der Waals surface area contributed by atoms with Crippen LogP contribution in [0.3, 0.4) is 0 Å². The van der Waals surface area contributed by atoms with Gasteiger partial charge < -0.3 is 4.74 Å². The molecular formula is C16H18Br2O2. The second kappa shape index (κ2) is 5.90. The van der Waals surface area contributed by atoms with E-state index in [9.17, 15) is 4.79 Å². The first-order chi connectivity index (χ1) is 9.60. The molecule has 1 aromatic rings. The summed E-state index contributed by atoms with van der Waals surface area (Å²) in [6, 6.07) is 5.79. The molecule has 2 nitrogen and oxygen atoms in total. The van der Waals surface area contributed by atoms with Crippen molar-refractivity contribution in [2.45, 2.75) is 44.1 Å². The largest absolute Gasteiger partial charge is 0.375 e. The van der Waals surface area contributed by atoms with E-state index in [1.165, 1.54) is 12.8 Å². The molecule has 1 atom stereocenters. The molecule has 1 aliphatic carbocycles. The normalized spacial score (nSPS) is 25.0. The predicted octanol–water partition coefficient (Wildman–Crippen LogP) is 5.13. The third-order valence-electron chi connectivity index (χ3n) is 4.58. The molecule has 2 aliphatic rings. The van der Waals surface area contributed by atoms with Crippen molar-refractivity contribution in [2.75, 3.05) is 6.61 Å². The van der Waals surface area contributed by atoms with Gasteiger partial charge in [-0.15, -0.1) is 0 Å². The maximum Gasteiger partial charge on any atom is 0.167 e. The van der Waals surface area contributed by atoms with Gasteiger partial charge in [0, 0.05) is 27.0 Å². The molecule has 0 radical (unpaired) electrons. The third-order valence-corrected chi connectivity index (χ3v) is 5.72. The Hall–Kier alpha value is -0.190. The lowest BCUT2D eigenvalue weighted by Crippen LogP contribution is -2.39. The number of ketones is 1. The Morgan fingerprint density at radius 3 is 2.70 bits per heavy atom. The minimum absolute atomic E-state index is 0.000413. The van der Waals surface area contributed by atoms with Gasteiger partial charge in [0.1, 0.15) is 0 Å². The first kappa shape index (κ1) is 14.7. The average molecular weight is 402 g/mol.